The van der Waals surface area contributed by atoms with Gasteiger partial charge in [-0.3, -0.25) is 0 Å². The fourth-order valence-corrected chi connectivity index (χ4v) is 10.1. The van der Waals surface area contributed by atoms with Gasteiger partial charge in [-0.25, -0.2) is 0 Å². The van der Waals surface area contributed by atoms with E-state index in [1.807, 2.05) is 11.3 Å². The van der Waals surface area contributed by atoms with E-state index in [4.69, 9.17) is 0 Å². The summed E-state index contributed by atoms with van der Waals surface area (Å²) >= 11 is 1.92. The van der Waals surface area contributed by atoms with Gasteiger partial charge in [0.05, 0.1) is 11.4 Å². The third kappa shape index (κ3) is 3.17. The summed E-state index contributed by atoms with van der Waals surface area (Å²) in [7, 11) is 0. The first-order valence-corrected chi connectivity index (χ1v) is 16.2. The van der Waals surface area contributed by atoms with Crippen LogP contribution in [0.2, 0.25) is 0 Å². The van der Waals surface area contributed by atoms with E-state index in [-0.39, 0.29) is 5.41 Å². The number of anilines is 3. The quantitative estimate of drug-likeness (QED) is 0.205. The van der Waals surface area contributed by atoms with Gasteiger partial charge in [-0.05, 0) is 88.4 Å². The molecule has 10 rings (SSSR count). The molecule has 0 amide bonds. The van der Waals surface area contributed by atoms with Crippen LogP contribution < -0.4 is 4.90 Å². The summed E-state index contributed by atoms with van der Waals surface area (Å²) in [6.45, 7) is 0. The largest absolute Gasteiger partial charge is 0.310 e. The minimum Gasteiger partial charge on any atom is -0.310 e. The Kier molecular flexibility index (Phi) is 4.82. The van der Waals surface area contributed by atoms with Crippen molar-refractivity contribution in [3.05, 3.63) is 150 Å². The van der Waals surface area contributed by atoms with Crippen molar-refractivity contribution in [2.45, 2.75) is 30.6 Å². The molecule has 1 nitrogen and oxygen atoms in total. The molecule has 43 heavy (non-hydrogen) atoms. The third-order valence-corrected chi connectivity index (χ3v) is 11.7. The Morgan fingerprint density at radius 2 is 1.23 bits per heavy atom. The van der Waals surface area contributed by atoms with Gasteiger partial charge < -0.3 is 4.90 Å². The van der Waals surface area contributed by atoms with Crippen LogP contribution in [-0.4, -0.2) is 0 Å². The minimum atomic E-state index is 0.194. The van der Waals surface area contributed by atoms with Crippen LogP contribution in [0.1, 0.15) is 41.9 Å². The van der Waals surface area contributed by atoms with Gasteiger partial charge in [-0.2, -0.15) is 0 Å². The van der Waals surface area contributed by atoms with Gasteiger partial charge in [0, 0.05) is 31.3 Å². The zero-order chi connectivity index (χ0) is 28.1. The second kappa shape index (κ2) is 8.69. The maximum Gasteiger partial charge on any atom is 0.0505 e. The maximum absolute atomic E-state index is 2.52. The van der Waals surface area contributed by atoms with E-state index in [9.17, 15) is 0 Å². The molecule has 0 radical (unpaired) electrons. The second-order valence-corrected chi connectivity index (χ2v) is 13.5. The smallest absolute Gasteiger partial charge is 0.0505 e. The van der Waals surface area contributed by atoms with E-state index in [1.54, 1.807) is 11.1 Å². The Bertz CT molecular complexity index is 2230. The summed E-state index contributed by atoms with van der Waals surface area (Å²) in [4.78, 5) is 2.52. The zero-order valence-corrected chi connectivity index (χ0v) is 24.6. The van der Waals surface area contributed by atoms with Gasteiger partial charge in [0.2, 0.25) is 0 Å². The molecule has 6 aromatic carbocycles. The second-order valence-electron chi connectivity index (χ2n) is 12.5. The monoisotopic (exact) mass is 567 g/mol. The molecular weight excluding hydrogens is 539 g/mol. The molecule has 7 aromatic rings. The first kappa shape index (κ1) is 23.9. The topological polar surface area (TPSA) is 3.24 Å². The predicted octanol–water partition coefficient (Wildman–Crippen LogP) is 11.7. The van der Waals surface area contributed by atoms with Crippen molar-refractivity contribution in [1.29, 1.82) is 0 Å². The molecule has 1 saturated carbocycles. The van der Waals surface area contributed by atoms with E-state index in [0.717, 1.165) is 0 Å². The van der Waals surface area contributed by atoms with Crippen LogP contribution >= 0.6 is 11.3 Å². The van der Waals surface area contributed by atoms with Gasteiger partial charge in [0.1, 0.15) is 0 Å². The minimum absolute atomic E-state index is 0.194. The highest BCUT2D eigenvalue weighted by Gasteiger charge is 2.55. The first-order chi connectivity index (χ1) is 21.3. The number of benzene rings is 6. The lowest BCUT2D eigenvalue weighted by Gasteiger charge is -2.43. The Morgan fingerprint density at radius 1 is 0.581 bits per heavy atom. The summed E-state index contributed by atoms with van der Waals surface area (Å²) in [6, 6.07) is 49.8. The van der Waals surface area contributed by atoms with Crippen LogP contribution in [0.5, 0.6) is 0 Å². The molecule has 0 saturated heterocycles. The van der Waals surface area contributed by atoms with E-state index < -0.39 is 0 Å². The summed E-state index contributed by atoms with van der Waals surface area (Å²) in [6.07, 6.45) is 3.86. The Hall–Kier alpha value is -4.66. The number of fused-ring (bicyclic) bond motifs is 6. The van der Waals surface area contributed by atoms with Crippen molar-refractivity contribution in [2.24, 2.45) is 0 Å². The molecule has 1 spiro atoms. The summed E-state index contributed by atoms with van der Waals surface area (Å²) in [5.41, 5.74) is 14.0. The van der Waals surface area contributed by atoms with Crippen LogP contribution in [-0.2, 0) is 5.41 Å². The lowest BCUT2D eigenvalue weighted by atomic mass is 9.70. The predicted molar refractivity (Wildman–Crippen MR) is 182 cm³/mol. The van der Waals surface area contributed by atoms with Gasteiger partial charge in [0.15, 0.2) is 0 Å². The highest BCUT2D eigenvalue weighted by molar-refractivity contribution is 7.26. The van der Waals surface area contributed by atoms with Crippen molar-refractivity contribution < 1.29 is 0 Å². The first-order valence-electron chi connectivity index (χ1n) is 15.4. The van der Waals surface area contributed by atoms with Crippen molar-refractivity contribution in [1.82, 2.24) is 0 Å². The molecule has 3 aliphatic rings. The molecular formula is C41H29NS. The molecule has 0 N–H and O–H groups in total. The third-order valence-electron chi connectivity index (χ3n) is 10.5. The van der Waals surface area contributed by atoms with Crippen molar-refractivity contribution >= 4 is 48.6 Å². The molecule has 1 aromatic heterocycles. The average Bonchev–Trinajstić information content (AvgIpc) is 3.77. The molecule has 204 valence electrons. The maximum atomic E-state index is 2.52. The summed E-state index contributed by atoms with van der Waals surface area (Å²) in [5.74, 6) is 0.703. The van der Waals surface area contributed by atoms with Crippen molar-refractivity contribution in [2.75, 3.05) is 4.90 Å². The summed E-state index contributed by atoms with van der Waals surface area (Å²) in [5, 5.41) is 2.68. The van der Waals surface area contributed by atoms with Crippen molar-refractivity contribution in [3.8, 4) is 22.3 Å². The number of nitrogens with zero attached hydrogens (tertiary/aromatic N) is 1. The van der Waals surface area contributed by atoms with Crippen molar-refractivity contribution in [3.63, 3.8) is 0 Å². The molecule has 2 unspecified atom stereocenters. The normalized spacial score (nSPS) is 19.6. The molecule has 2 bridgehead atoms. The van der Waals surface area contributed by atoms with Crippen LogP contribution in [0.4, 0.5) is 17.1 Å². The van der Waals surface area contributed by atoms with E-state index in [1.165, 1.54) is 84.3 Å². The molecule has 1 fully saturated rings. The van der Waals surface area contributed by atoms with Gasteiger partial charge in [0.25, 0.3) is 0 Å². The van der Waals surface area contributed by atoms with E-state index in [2.05, 4.69) is 138 Å². The van der Waals surface area contributed by atoms with Crippen LogP contribution in [0.3, 0.4) is 0 Å². The molecule has 2 heteroatoms. The van der Waals surface area contributed by atoms with E-state index in [0.29, 0.717) is 5.92 Å². The average molecular weight is 568 g/mol. The van der Waals surface area contributed by atoms with E-state index >= 15 is 0 Å². The Balaban J connectivity index is 1.11. The standard InChI is InChI=1S/C41H29NS/c1-2-9-26(10-3-1)31-12-6-14-33-34-15-7-13-32(40(34)43-39(31)33)27-19-21-29(22-20-27)42-36-17-5-4-16-35(36)41-24-23-28(25-41)30-11-8-18-37(42)38(30)41/h1-22,28H,23-25H2. The van der Waals surface area contributed by atoms with Gasteiger partial charge in [-0.1, -0.05) is 109 Å². The van der Waals surface area contributed by atoms with Crippen LogP contribution in [0, 0.1) is 0 Å². The fourth-order valence-electron chi connectivity index (χ4n) is 8.69. The lowest BCUT2D eigenvalue weighted by Crippen LogP contribution is -2.32. The fraction of sp³-hybridized carbons (Fsp3) is 0.122. The zero-order valence-electron chi connectivity index (χ0n) is 23.8. The Labute approximate surface area is 255 Å². The van der Waals surface area contributed by atoms with Gasteiger partial charge >= 0.3 is 0 Å². The Morgan fingerprint density at radius 3 is 2.00 bits per heavy atom. The molecule has 1 aliphatic heterocycles. The van der Waals surface area contributed by atoms with Gasteiger partial charge in [-0.15, -0.1) is 11.3 Å². The van der Waals surface area contributed by atoms with Crippen LogP contribution in [0.25, 0.3) is 42.4 Å². The SMILES string of the molecule is c1ccc(-c2cccc3c2sc2c(-c4ccc(N5c6ccccc6C67CCC(C6)c6cccc5c67)cc4)cccc23)cc1. The van der Waals surface area contributed by atoms with Crippen LogP contribution in [0.15, 0.2) is 133 Å². The lowest BCUT2D eigenvalue weighted by molar-refractivity contribution is 0.544. The molecule has 2 heterocycles. The highest BCUT2D eigenvalue weighted by atomic mass is 32.1. The number of hydrogen-bond acceptors (Lipinski definition) is 2. The number of para-hydroxylation sites is 1. The number of hydrogen-bond donors (Lipinski definition) is 0. The highest BCUT2D eigenvalue weighted by Crippen LogP contribution is 2.67. The number of rotatable bonds is 3. The molecule has 2 atom stereocenters. The molecule has 2 aliphatic carbocycles. The summed E-state index contributed by atoms with van der Waals surface area (Å²) < 4.78 is 2.72. The number of thiophene rings is 1.